The standard InChI is InChI=1S/C26H32N4O4S/c1-6-30(7-2)35(33,34)20-11-8-10-19(16-20)25(31)29-23(17(3)4)26(32)28-22-14-13-18(5)24-21(22)12-9-15-27-24/h8-17,23H,6-7H2,1-5H3,(H,28,32)(H,29,31)/t23-/m0/s1. The van der Waals surface area contributed by atoms with E-state index in [-0.39, 0.29) is 22.3 Å². The fourth-order valence-electron chi connectivity index (χ4n) is 3.90. The second-order valence-electron chi connectivity index (χ2n) is 8.63. The quantitative estimate of drug-likeness (QED) is 0.466. The van der Waals surface area contributed by atoms with E-state index in [1.54, 1.807) is 26.1 Å². The van der Waals surface area contributed by atoms with Crippen molar-refractivity contribution in [2.45, 2.75) is 45.6 Å². The third kappa shape index (κ3) is 5.68. The molecular weight excluding hydrogens is 464 g/mol. The van der Waals surface area contributed by atoms with E-state index in [0.29, 0.717) is 18.8 Å². The Labute approximate surface area is 206 Å². The Morgan fingerprint density at radius 3 is 2.40 bits per heavy atom. The second-order valence-corrected chi connectivity index (χ2v) is 10.6. The number of sulfonamides is 1. The number of carbonyl (C=O) groups excluding carboxylic acids is 2. The van der Waals surface area contributed by atoms with Crippen LogP contribution >= 0.6 is 0 Å². The summed E-state index contributed by atoms with van der Waals surface area (Å²) in [5.74, 6) is -1.10. The van der Waals surface area contributed by atoms with Crippen LogP contribution in [0.25, 0.3) is 10.9 Å². The van der Waals surface area contributed by atoms with Crippen LogP contribution in [0.5, 0.6) is 0 Å². The number of aromatic nitrogens is 1. The minimum absolute atomic E-state index is 0.0398. The highest BCUT2D eigenvalue weighted by molar-refractivity contribution is 7.89. The molecule has 0 radical (unpaired) electrons. The lowest BCUT2D eigenvalue weighted by Gasteiger charge is -2.23. The van der Waals surface area contributed by atoms with Crippen molar-refractivity contribution in [1.29, 1.82) is 0 Å². The molecule has 0 unspecified atom stereocenters. The zero-order valence-electron chi connectivity index (χ0n) is 20.7. The van der Waals surface area contributed by atoms with Gasteiger partial charge in [0.1, 0.15) is 6.04 Å². The third-order valence-electron chi connectivity index (χ3n) is 5.90. The van der Waals surface area contributed by atoms with Gasteiger partial charge in [-0.3, -0.25) is 14.6 Å². The maximum absolute atomic E-state index is 13.2. The molecule has 1 atom stereocenters. The lowest BCUT2D eigenvalue weighted by Crippen LogP contribution is -2.47. The van der Waals surface area contributed by atoms with E-state index in [4.69, 9.17) is 0 Å². The van der Waals surface area contributed by atoms with Gasteiger partial charge in [-0.2, -0.15) is 4.31 Å². The molecular formula is C26H32N4O4S. The SMILES string of the molecule is CCN(CC)S(=O)(=O)c1cccc(C(=O)N[C@H](C(=O)Nc2ccc(C)c3ncccc23)C(C)C)c1. The summed E-state index contributed by atoms with van der Waals surface area (Å²) in [4.78, 5) is 30.7. The largest absolute Gasteiger partial charge is 0.340 e. The lowest BCUT2D eigenvalue weighted by molar-refractivity contribution is -0.118. The van der Waals surface area contributed by atoms with E-state index < -0.39 is 22.0 Å². The number of rotatable bonds is 9. The number of fused-ring (bicyclic) bond motifs is 1. The molecule has 0 spiro atoms. The number of aryl methyl sites for hydroxylation is 1. The molecule has 1 aromatic heterocycles. The summed E-state index contributed by atoms with van der Waals surface area (Å²) in [6.07, 6.45) is 1.70. The highest BCUT2D eigenvalue weighted by Gasteiger charge is 2.27. The summed E-state index contributed by atoms with van der Waals surface area (Å²) in [6, 6.07) is 12.4. The van der Waals surface area contributed by atoms with Crippen molar-refractivity contribution in [2.24, 2.45) is 5.92 Å². The van der Waals surface area contributed by atoms with Crippen LogP contribution in [-0.4, -0.2) is 48.7 Å². The zero-order valence-corrected chi connectivity index (χ0v) is 21.5. The first-order chi connectivity index (χ1) is 16.6. The Balaban J connectivity index is 1.84. The molecule has 0 saturated carbocycles. The number of anilines is 1. The second kappa shape index (κ2) is 11.0. The predicted molar refractivity (Wildman–Crippen MR) is 138 cm³/mol. The molecule has 1 heterocycles. The van der Waals surface area contributed by atoms with Crippen LogP contribution in [0.15, 0.2) is 59.6 Å². The topological polar surface area (TPSA) is 108 Å². The molecule has 0 fully saturated rings. The van der Waals surface area contributed by atoms with E-state index in [1.165, 1.54) is 28.6 Å². The fourth-order valence-corrected chi connectivity index (χ4v) is 5.41. The maximum atomic E-state index is 13.2. The van der Waals surface area contributed by atoms with E-state index >= 15 is 0 Å². The first-order valence-corrected chi connectivity index (χ1v) is 13.1. The number of pyridine rings is 1. The van der Waals surface area contributed by atoms with Gasteiger partial charge >= 0.3 is 0 Å². The third-order valence-corrected chi connectivity index (χ3v) is 7.95. The average molecular weight is 497 g/mol. The smallest absolute Gasteiger partial charge is 0.251 e. The highest BCUT2D eigenvalue weighted by Crippen LogP contribution is 2.25. The Kier molecular flexibility index (Phi) is 8.24. The minimum Gasteiger partial charge on any atom is -0.340 e. The van der Waals surface area contributed by atoms with Gasteiger partial charge in [-0.15, -0.1) is 0 Å². The van der Waals surface area contributed by atoms with Crippen LogP contribution in [0, 0.1) is 12.8 Å². The molecule has 0 bridgehead atoms. The van der Waals surface area contributed by atoms with Gasteiger partial charge in [-0.1, -0.05) is 39.8 Å². The molecule has 0 aliphatic rings. The molecule has 2 N–H and O–H groups in total. The summed E-state index contributed by atoms with van der Waals surface area (Å²) in [6.45, 7) is 9.80. The van der Waals surface area contributed by atoms with Gasteiger partial charge in [0, 0.05) is 30.2 Å². The number of nitrogens with zero attached hydrogens (tertiary/aromatic N) is 2. The molecule has 2 aromatic carbocycles. The van der Waals surface area contributed by atoms with Crippen LogP contribution in [0.3, 0.4) is 0 Å². The monoisotopic (exact) mass is 496 g/mol. The Morgan fingerprint density at radius 1 is 1.03 bits per heavy atom. The fraction of sp³-hybridized carbons (Fsp3) is 0.346. The van der Waals surface area contributed by atoms with Crippen molar-refractivity contribution in [2.75, 3.05) is 18.4 Å². The molecule has 186 valence electrons. The predicted octanol–water partition coefficient (Wildman–Crippen LogP) is 3.97. The molecule has 0 aliphatic carbocycles. The molecule has 3 rings (SSSR count). The van der Waals surface area contributed by atoms with Gasteiger partial charge < -0.3 is 10.6 Å². The van der Waals surface area contributed by atoms with Crippen LogP contribution in [-0.2, 0) is 14.8 Å². The Hall–Kier alpha value is -3.30. The average Bonchev–Trinajstić information content (AvgIpc) is 2.84. The summed E-state index contributed by atoms with van der Waals surface area (Å²) in [5.41, 5.74) is 2.56. The van der Waals surface area contributed by atoms with Crippen LogP contribution < -0.4 is 10.6 Å². The zero-order chi connectivity index (χ0) is 25.8. The molecule has 3 aromatic rings. The van der Waals surface area contributed by atoms with E-state index in [1.807, 2.05) is 39.0 Å². The van der Waals surface area contributed by atoms with Crippen molar-refractivity contribution >= 4 is 38.4 Å². The number of nitrogens with one attached hydrogen (secondary N) is 2. The molecule has 9 heteroatoms. The number of hydrogen-bond acceptors (Lipinski definition) is 5. The number of hydrogen-bond donors (Lipinski definition) is 2. The van der Waals surface area contributed by atoms with Crippen LogP contribution in [0.4, 0.5) is 5.69 Å². The van der Waals surface area contributed by atoms with Gasteiger partial charge in [0.25, 0.3) is 5.91 Å². The highest BCUT2D eigenvalue weighted by atomic mass is 32.2. The van der Waals surface area contributed by atoms with Gasteiger partial charge in [0.05, 0.1) is 16.1 Å². The van der Waals surface area contributed by atoms with Gasteiger partial charge in [0.2, 0.25) is 15.9 Å². The first-order valence-electron chi connectivity index (χ1n) is 11.7. The van der Waals surface area contributed by atoms with Crippen molar-refractivity contribution in [3.05, 3.63) is 65.9 Å². The van der Waals surface area contributed by atoms with E-state index in [9.17, 15) is 18.0 Å². The first kappa shape index (κ1) is 26.3. The molecule has 0 aliphatic heterocycles. The Bertz CT molecular complexity index is 1330. The number of benzene rings is 2. The van der Waals surface area contributed by atoms with Crippen LogP contribution in [0.1, 0.15) is 43.6 Å². The molecule has 0 saturated heterocycles. The van der Waals surface area contributed by atoms with E-state index in [0.717, 1.165) is 16.5 Å². The minimum atomic E-state index is -3.72. The van der Waals surface area contributed by atoms with Gasteiger partial charge in [0.15, 0.2) is 0 Å². The summed E-state index contributed by atoms with van der Waals surface area (Å²) >= 11 is 0. The lowest BCUT2D eigenvalue weighted by atomic mass is 10.0. The molecule has 35 heavy (non-hydrogen) atoms. The number of amides is 2. The molecule has 2 amide bonds. The summed E-state index contributed by atoms with van der Waals surface area (Å²) < 4.78 is 27.1. The normalized spacial score (nSPS) is 12.7. The van der Waals surface area contributed by atoms with Gasteiger partial charge in [-0.05, 0) is 54.8 Å². The maximum Gasteiger partial charge on any atom is 0.251 e. The van der Waals surface area contributed by atoms with Crippen molar-refractivity contribution in [3.8, 4) is 0 Å². The van der Waals surface area contributed by atoms with Gasteiger partial charge in [-0.25, -0.2) is 8.42 Å². The van der Waals surface area contributed by atoms with E-state index in [2.05, 4.69) is 15.6 Å². The summed E-state index contributed by atoms with van der Waals surface area (Å²) in [5, 5.41) is 6.50. The van der Waals surface area contributed by atoms with Crippen molar-refractivity contribution in [1.82, 2.24) is 14.6 Å². The van der Waals surface area contributed by atoms with Crippen molar-refractivity contribution in [3.63, 3.8) is 0 Å². The Morgan fingerprint density at radius 2 is 1.74 bits per heavy atom. The molecule has 8 nitrogen and oxygen atoms in total. The van der Waals surface area contributed by atoms with Crippen LogP contribution in [0.2, 0.25) is 0 Å². The number of carbonyl (C=O) groups is 2. The summed E-state index contributed by atoms with van der Waals surface area (Å²) in [7, 11) is -3.72. The van der Waals surface area contributed by atoms with Crippen molar-refractivity contribution < 1.29 is 18.0 Å².